The quantitative estimate of drug-likeness (QED) is 0.806. The normalized spacial score (nSPS) is 12.1. The van der Waals surface area contributed by atoms with Crippen LogP contribution in [0.4, 0.5) is 0 Å². The summed E-state index contributed by atoms with van der Waals surface area (Å²) in [4.78, 5) is 18.3. The zero-order chi connectivity index (χ0) is 13.7. The Kier molecular flexibility index (Phi) is 4.30. The van der Waals surface area contributed by atoms with E-state index >= 15 is 0 Å². The van der Waals surface area contributed by atoms with Crippen LogP contribution in [0.5, 0.6) is 0 Å². The van der Waals surface area contributed by atoms with Gasteiger partial charge in [0.15, 0.2) is 0 Å². The number of pyridine rings is 1. The fraction of sp³-hybridized carbons (Fsp3) is 0.286. The topological polar surface area (TPSA) is 67.0 Å². The Bertz CT molecular complexity index is 537. The van der Waals surface area contributed by atoms with E-state index < -0.39 is 0 Å². The molecule has 1 atom stereocenters. The van der Waals surface area contributed by atoms with Gasteiger partial charge in [0.25, 0.3) is 0 Å². The Morgan fingerprint density at radius 3 is 2.79 bits per heavy atom. The summed E-state index contributed by atoms with van der Waals surface area (Å²) in [7, 11) is 1.37. The smallest absolute Gasteiger partial charge is 0.354 e. The maximum Gasteiger partial charge on any atom is 0.354 e. The van der Waals surface area contributed by atoms with Gasteiger partial charge in [-0.3, -0.25) is 4.98 Å². The van der Waals surface area contributed by atoms with Crippen molar-refractivity contribution in [2.45, 2.75) is 19.5 Å². The molecule has 2 heterocycles. The van der Waals surface area contributed by atoms with E-state index in [1.54, 1.807) is 18.5 Å². The van der Waals surface area contributed by atoms with E-state index in [2.05, 4.69) is 26.9 Å². The molecule has 0 bridgehead atoms. The maximum atomic E-state index is 11.3. The second-order valence-electron chi connectivity index (χ2n) is 4.27. The van der Waals surface area contributed by atoms with Gasteiger partial charge in [0.2, 0.25) is 0 Å². The van der Waals surface area contributed by atoms with Gasteiger partial charge in [-0.2, -0.15) is 0 Å². The second kappa shape index (κ2) is 6.15. The molecular weight excluding hydrogens is 242 g/mol. The number of aromatic nitrogens is 2. The van der Waals surface area contributed by atoms with Crippen molar-refractivity contribution in [3.05, 3.63) is 53.6 Å². The fourth-order valence-corrected chi connectivity index (χ4v) is 1.81. The first-order valence-corrected chi connectivity index (χ1v) is 6.10. The van der Waals surface area contributed by atoms with Crippen LogP contribution in [0, 0.1) is 0 Å². The summed E-state index contributed by atoms with van der Waals surface area (Å²) in [6.45, 7) is 2.74. The fourth-order valence-electron chi connectivity index (χ4n) is 1.81. The van der Waals surface area contributed by atoms with Crippen LogP contribution in [-0.4, -0.2) is 23.0 Å². The van der Waals surface area contributed by atoms with E-state index in [1.165, 1.54) is 12.7 Å². The molecule has 0 fully saturated rings. The van der Waals surface area contributed by atoms with Crippen molar-refractivity contribution in [1.82, 2.24) is 15.3 Å². The predicted molar refractivity (Wildman–Crippen MR) is 71.6 cm³/mol. The van der Waals surface area contributed by atoms with Crippen molar-refractivity contribution in [3.8, 4) is 0 Å². The molecule has 0 aromatic carbocycles. The van der Waals surface area contributed by atoms with Gasteiger partial charge in [0.05, 0.1) is 7.11 Å². The standard InChI is InChI=1S/C14H17N3O2/c1-10(11-5-7-15-8-6-11)16-9-12-3-4-13(17-12)14(18)19-2/h3-8,10,16-17H,9H2,1-2H3/t10-/m0/s1. The molecule has 0 radical (unpaired) electrons. The van der Waals surface area contributed by atoms with Gasteiger partial charge in [-0.05, 0) is 36.8 Å². The number of H-pyrrole nitrogens is 1. The minimum Gasteiger partial charge on any atom is -0.464 e. The molecule has 0 aliphatic rings. The Morgan fingerprint density at radius 1 is 1.37 bits per heavy atom. The first-order chi connectivity index (χ1) is 9.20. The molecule has 0 amide bonds. The minimum atomic E-state index is -0.353. The average molecular weight is 259 g/mol. The number of ether oxygens (including phenoxy) is 1. The van der Waals surface area contributed by atoms with Crippen LogP contribution >= 0.6 is 0 Å². The van der Waals surface area contributed by atoms with E-state index in [0.717, 1.165) is 5.69 Å². The third-order valence-corrected chi connectivity index (χ3v) is 2.96. The monoisotopic (exact) mass is 259 g/mol. The van der Waals surface area contributed by atoms with Gasteiger partial charge in [0.1, 0.15) is 5.69 Å². The summed E-state index contributed by atoms with van der Waals surface area (Å²) in [6, 6.07) is 7.77. The molecule has 0 aliphatic heterocycles. The van der Waals surface area contributed by atoms with Gasteiger partial charge in [-0.25, -0.2) is 4.79 Å². The Balaban J connectivity index is 1.92. The summed E-state index contributed by atoms with van der Waals surface area (Å²) >= 11 is 0. The molecule has 0 aliphatic carbocycles. The SMILES string of the molecule is COC(=O)c1ccc(CN[C@@H](C)c2ccncc2)[nH]1. The lowest BCUT2D eigenvalue weighted by Gasteiger charge is -2.13. The van der Waals surface area contributed by atoms with Gasteiger partial charge < -0.3 is 15.0 Å². The number of aromatic amines is 1. The van der Waals surface area contributed by atoms with Crippen LogP contribution in [0.3, 0.4) is 0 Å². The van der Waals surface area contributed by atoms with Crippen LogP contribution in [0.2, 0.25) is 0 Å². The molecule has 0 saturated heterocycles. The molecule has 2 aromatic heterocycles. The van der Waals surface area contributed by atoms with E-state index in [0.29, 0.717) is 12.2 Å². The van der Waals surface area contributed by atoms with Gasteiger partial charge >= 0.3 is 5.97 Å². The van der Waals surface area contributed by atoms with Crippen molar-refractivity contribution in [2.75, 3.05) is 7.11 Å². The van der Waals surface area contributed by atoms with Crippen molar-refractivity contribution in [3.63, 3.8) is 0 Å². The summed E-state index contributed by atoms with van der Waals surface area (Å²) in [5.41, 5.74) is 2.59. The van der Waals surface area contributed by atoms with E-state index in [1.807, 2.05) is 18.2 Å². The molecule has 2 aromatic rings. The summed E-state index contributed by atoms with van der Waals surface area (Å²) in [5.74, 6) is -0.353. The summed E-state index contributed by atoms with van der Waals surface area (Å²) in [6.07, 6.45) is 3.55. The minimum absolute atomic E-state index is 0.216. The molecule has 19 heavy (non-hydrogen) atoms. The Morgan fingerprint density at radius 2 is 2.11 bits per heavy atom. The highest BCUT2D eigenvalue weighted by Crippen LogP contribution is 2.11. The molecule has 5 nitrogen and oxygen atoms in total. The highest BCUT2D eigenvalue weighted by atomic mass is 16.5. The molecule has 2 rings (SSSR count). The molecule has 0 unspecified atom stereocenters. The Labute approximate surface area is 112 Å². The molecule has 2 N–H and O–H groups in total. The number of rotatable bonds is 5. The number of carbonyl (C=O) groups is 1. The number of esters is 1. The maximum absolute atomic E-state index is 11.3. The second-order valence-corrected chi connectivity index (χ2v) is 4.27. The van der Waals surface area contributed by atoms with Crippen LogP contribution in [0.1, 0.15) is 34.7 Å². The van der Waals surface area contributed by atoms with E-state index in [9.17, 15) is 4.79 Å². The lowest BCUT2D eigenvalue weighted by Crippen LogP contribution is -2.18. The van der Waals surface area contributed by atoms with Crippen molar-refractivity contribution < 1.29 is 9.53 Å². The van der Waals surface area contributed by atoms with Gasteiger partial charge in [-0.15, -0.1) is 0 Å². The zero-order valence-electron chi connectivity index (χ0n) is 11.0. The number of methoxy groups -OCH3 is 1. The van der Waals surface area contributed by atoms with E-state index in [4.69, 9.17) is 0 Å². The van der Waals surface area contributed by atoms with Crippen LogP contribution < -0.4 is 5.32 Å². The molecule has 100 valence electrons. The molecule has 5 heteroatoms. The van der Waals surface area contributed by atoms with Crippen LogP contribution in [0.15, 0.2) is 36.7 Å². The van der Waals surface area contributed by atoms with Gasteiger partial charge in [-0.1, -0.05) is 0 Å². The van der Waals surface area contributed by atoms with E-state index in [-0.39, 0.29) is 12.0 Å². The number of carbonyl (C=O) groups excluding carboxylic acids is 1. The highest BCUT2D eigenvalue weighted by Gasteiger charge is 2.09. The largest absolute Gasteiger partial charge is 0.464 e. The summed E-state index contributed by atoms with van der Waals surface area (Å²) in [5, 5.41) is 3.37. The molecular formula is C14H17N3O2. The number of nitrogens with zero attached hydrogens (tertiary/aromatic N) is 1. The lowest BCUT2D eigenvalue weighted by molar-refractivity contribution is 0.0594. The van der Waals surface area contributed by atoms with Crippen molar-refractivity contribution in [1.29, 1.82) is 0 Å². The average Bonchev–Trinajstić information content (AvgIpc) is 2.93. The first kappa shape index (κ1) is 13.3. The Hall–Kier alpha value is -2.14. The number of hydrogen-bond acceptors (Lipinski definition) is 4. The predicted octanol–water partition coefficient (Wildman–Crippen LogP) is 2.05. The van der Waals surface area contributed by atoms with Crippen molar-refractivity contribution in [2.24, 2.45) is 0 Å². The lowest BCUT2D eigenvalue weighted by atomic mass is 10.1. The number of hydrogen-bond donors (Lipinski definition) is 2. The van der Waals surface area contributed by atoms with Gasteiger partial charge in [0, 0.05) is 30.7 Å². The van der Waals surface area contributed by atoms with Crippen LogP contribution in [-0.2, 0) is 11.3 Å². The molecule has 0 saturated carbocycles. The van der Waals surface area contributed by atoms with Crippen molar-refractivity contribution >= 4 is 5.97 Å². The summed E-state index contributed by atoms with van der Waals surface area (Å²) < 4.78 is 4.65. The highest BCUT2D eigenvalue weighted by molar-refractivity contribution is 5.87. The third-order valence-electron chi connectivity index (χ3n) is 2.96. The third kappa shape index (κ3) is 3.42. The molecule has 0 spiro atoms. The first-order valence-electron chi connectivity index (χ1n) is 6.10. The van der Waals surface area contributed by atoms with Crippen LogP contribution in [0.25, 0.3) is 0 Å². The number of nitrogens with one attached hydrogen (secondary N) is 2. The zero-order valence-corrected chi connectivity index (χ0v) is 11.0.